The van der Waals surface area contributed by atoms with Gasteiger partial charge in [0.25, 0.3) is 0 Å². The zero-order chi connectivity index (χ0) is 22.9. The summed E-state index contributed by atoms with van der Waals surface area (Å²) in [5.41, 5.74) is 7.28. The van der Waals surface area contributed by atoms with Crippen LogP contribution in [0.1, 0.15) is 102 Å². The second kappa shape index (κ2) is 15.5. The van der Waals surface area contributed by atoms with Gasteiger partial charge in [0.1, 0.15) is 0 Å². The SMILES string of the molecule is CCCCCCCCC=CCCCCCCC(C(N)=O)(c1ccccc1)c1ccccc1. The van der Waals surface area contributed by atoms with Crippen LogP contribution in [-0.4, -0.2) is 5.91 Å². The maximum Gasteiger partial charge on any atom is 0.232 e. The predicted octanol–water partition coefficient (Wildman–Crippen LogP) is 8.11. The molecule has 1 amide bonds. The number of carbonyl (C=O) groups excluding carboxylic acids is 1. The highest BCUT2D eigenvalue weighted by Gasteiger charge is 2.39. The quantitative estimate of drug-likeness (QED) is 0.199. The average Bonchev–Trinajstić information content (AvgIpc) is 2.83. The lowest BCUT2D eigenvalue weighted by molar-refractivity contribution is -0.122. The third-order valence-electron chi connectivity index (χ3n) is 6.52. The van der Waals surface area contributed by atoms with Gasteiger partial charge in [-0.1, -0.05) is 131 Å². The summed E-state index contributed by atoms with van der Waals surface area (Å²) >= 11 is 0. The van der Waals surface area contributed by atoms with Crippen LogP contribution in [0.2, 0.25) is 0 Å². The van der Waals surface area contributed by atoms with Crippen molar-refractivity contribution in [2.24, 2.45) is 5.73 Å². The van der Waals surface area contributed by atoms with Crippen molar-refractivity contribution in [2.45, 2.75) is 95.8 Å². The summed E-state index contributed by atoms with van der Waals surface area (Å²) in [4.78, 5) is 12.8. The minimum absolute atomic E-state index is 0.257. The smallest absolute Gasteiger partial charge is 0.232 e. The highest BCUT2D eigenvalue weighted by molar-refractivity contribution is 5.90. The van der Waals surface area contributed by atoms with E-state index in [2.05, 4.69) is 19.1 Å². The van der Waals surface area contributed by atoms with E-state index in [-0.39, 0.29) is 5.91 Å². The van der Waals surface area contributed by atoms with E-state index in [0.29, 0.717) is 0 Å². The molecule has 0 fully saturated rings. The number of nitrogens with two attached hydrogens (primary N) is 1. The molecule has 0 bridgehead atoms. The van der Waals surface area contributed by atoms with E-state index < -0.39 is 5.41 Å². The van der Waals surface area contributed by atoms with E-state index in [4.69, 9.17) is 5.73 Å². The monoisotopic (exact) mass is 433 g/mol. The van der Waals surface area contributed by atoms with Crippen molar-refractivity contribution >= 4 is 5.91 Å². The summed E-state index contributed by atoms with van der Waals surface area (Å²) in [6.07, 6.45) is 20.6. The molecule has 2 aromatic carbocycles. The average molecular weight is 434 g/mol. The number of carbonyl (C=O) groups is 1. The molecule has 2 nitrogen and oxygen atoms in total. The van der Waals surface area contributed by atoms with Gasteiger partial charge in [-0.3, -0.25) is 4.79 Å². The van der Waals surface area contributed by atoms with Crippen molar-refractivity contribution < 1.29 is 4.79 Å². The Balaban J connectivity index is 1.76. The van der Waals surface area contributed by atoms with Crippen molar-refractivity contribution in [3.63, 3.8) is 0 Å². The first-order valence-corrected chi connectivity index (χ1v) is 12.8. The second-order valence-electron chi connectivity index (χ2n) is 8.98. The molecule has 174 valence electrons. The van der Waals surface area contributed by atoms with Gasteiger partial charge < -0.3 is 5.73 Å². The van der Waals surface area contributed by atoms with E-state index in [1.165, 1.54) is 57.8 Å². The molecule has 0 aliphatic heterocycles. The standard InChI is InChI=1S/C30H43NO/c1-2-3-4-5-6-7-8-9-10-11-12-13-14-21-26-30(29(31)32,27-22-17-15-18-23-27)28-24-19-16-20-25-28/h9-10,15-20,22-25H,2-8,11-14,21,26H2,1H3,(H2,31,32). The predicted molar refractivity (Wildman–Crippen MR) is 138 cm³/mol. The summed E-state index contributed by atoms with van der Waals surface area (Å²) in [5, 5.41) is 0. The Kier molecular flexibility index (Phi) is 12.5. The van der Waals surface area contributed by atoms with Gasteiger partial charge in [-0.15, -0.1) is 0 Å². The fourth-order valence-corrected chi connectivity index (χ4v) is 4.59. The third kappa shape index (κ3) is 8.30. The third-order valence-corrected chi connectivity index (χ3v) is 6.52. The Morgan fingerprint density at radius 3 is 1.59 bits per heavy atom. The lowest BCUT2D eigenvalue weighted by Crippen LogP contribution is -2.42. The normalized spacial score (nSPS) is 11.8. The largest absolute Gasteiger partial charge is 0.369 e. The fourth-order valence-electron chi connectivity index (χ4n) is 4.59. The number of hydrogen-bond donors (Lipinski definition) is 1. The molecule has 2 aromatic rings. The topological polar surface area (TPSA) is 43.1 Å². The Morgan fingerprint density at radius 1 is 0.688 bits per heavy atom. The summed E-state index contributed by atoms with van der Waals surface area (Å²) in [6, 6.07) is 20.1. The maximum atomic E-state index is 12.8. The second-order valence-corrected chi connectivity index (χ2v) is 8.98. The van der Waals surface area contributed by atoms with Crippen molar-refractivity contribution in [3.8, 4) is 0 Å². The van der Waals surface area contributed by atoms with E-state index in [9.17, 15) is 4.79 Å². The van der Waals surface area contributed by atoms with Crippen molar-refractivity contribution in [1.29, 1.82) is 0 Å². The Morgan fingerprint density at radius 2 is 1.12 bits per heavy atom. The first-order chi connectivity index (χ1) is 15.7. The molecule has 2 heteroatoms. The van der Waals surface area contributed by atoms with Crippen LogP contribution in [-0.2, 0) is 10.2 Å². The molecule has 0 heterocycles. The Bertz CT molecular complexity index is 726. The lowest BCUT2D eigenvalue weighted by Gasteiger charge is -2.32. The van der Waals surface area contributed by atoms with Crippen molar-refractivity contribution in [2.75, 3.05) is 0 Å². The minimum Gasteiger partial charge on any atom is -0.369 e. The van der Waals surface area contributed by atoms with Crippen LogP contribution < -0.4 is 5.73 Å². The van der Waals surface area contributed by atoms with Gasteiger partial charge in [0.15, 0.2) is 0 Å². The molecule has 0 spiro atoms. The molecule has 2 rings (SSSR count). The molecule has 32 heavy (non-hydrogen) atoms. The van der Waals surface area contributed by atoms with Gasteiger partial charge in [-0.05, 0) is 43.2 Å². The summed E-state index contributed by atoms with van der Waals surface area (Å²) in [5.74, 6) is -0.257. The van der Waals surface area contributed by atoms with E-state index in [1.54, 1.807) is 0 Å². The van der Waals surface area contributed by atoms with Gasteiger partial charge in [0.2, 0.25) is 5.91 Å². The van der Waals surface area contributed by atoms with Crippen molar-refractivity contribution in [1.82, 2.24) is 0 Å². The number of primary amides is 1. The highest BCUT2D eigenvalue weighted by atomic mass is 16.1. The summed E-state index contributed by atoms with van der Waals surface area (Å²) in [7, 11) is 0. The van der Waals surface area contributed by atoms with Crippen LogP contribution >= 0.6 is 0 Å². The number of rotatable bonds is 17. The molecular formula is C30H43NO. The van der Waals surface area contributed by atoms with Gasteiger partial charge >= 0.3 is 0 Å². The zero-order valence-corrected chi connectivity index (χ0v) is 20.1. The molecule has 0 radical (unpaired) electrons. The van der Waals surface area contributed by atoms with Gasteiger partial charge in [0.05, 0.1) is 5.41 Å². The van der Waals surface area contributed by atoms with Crippen LogP contribution in [0.25, 0.3) is 0 Å². The zero-order valence-electron chi connectivity index (χ0n) is 20.1. The van der Waals surface area contributed by atoms with Crippen LogP contribution in [0.5, 0.6) is 0 Å². The van der Waals surface area contributed by atoms with Gasteiger partial charge in [-0.2, -0.15) is 0 Å². The van der Waals surface area contributed by atoms with Crippen LogP contribution in [0.3, 0.4) is 0 Å². The molecule has 0 aromatic heterocycles. The first-order valence-electron chi connectivity index (χ1n) is 12.8. The molecule has 0 atom stereocenters. The number of benzene rings is 2. The number of hydrogen-bond acceptors (Lipinski definition) is 1. The molecule has 0 saturated heterocycles. The van der Waals surface area contributed by atoms with E-state index in [0.717, 1.165) is 36.8 Å². The molecule has 0 aliphatic rings. The molecule has 2 N–H and O–H groups in total. The molecule has 0 aliphatic carbocycles. The number of allylic oxidation sites excluding steroid dienone is 2. The van der Waals surface area contributed by atoms with Crippen LogP contribution in [0.15, 0.2) is 72.8 Å². The lowest BCUT2D eigenvalue weighted by atomic mass is 9.70. The first kappa shape index (κ1) is 25.9. The van der Waals surface area contributed by atoms with Gasteiger partial charge in [0, 0.05) is 0 Å². The molecule has 0 saturated carbocycles. The summed E-state index contributed by atoms with van der Waals surface area (Å²) in [6.45, 7) is 2.27. The summed E-state index contributed by atoms with van der Waals surface area (Å²) < 4.78 is 0. The maximum absolute atomic E-state index is 12.8. The highest BCUT2D eigenvalue weighted by Crippen LogP contribution is 2.37. The number of unbranched alkanes of at least 4 members (excludes halogenated alkanes) is 10. The fraction of sp³-hybridized carbons (Fsp3) is 0.500. The Hall–Kier alpha value is -2.35. The van der Waals surface area contributed by atoms with Crippen LogP contribution in [0.4, 0.5) is 0 Å². The van der Waals surface area contributed by atoms with E-state index in [1.807, 2.05) is 60.7 Å². The Labute approximate surface area is 196 Å². The molecular weight excluding hydrogens is 390 g/mol. The number of amides is 1. The van der Waals surface area contributed by atoms with E-state index >= 15 is 0 Å². The molecule has 0 unspecified atom stereocenters. The minimum atomic E-state index is -0.750. The van der Waals surface area contributed by atoms with Crippen LogP contribution in [0, 0.1) is 0 Å². The van der Waals surface area contributed by atoms with Crippen molar-refractivity contribution in [3.05, 3.63) is 83.9 Å². The van der Waals surface area contributed by atoms with Gasteiger partial charge in [-0.25, -0.2) is 0 Å².